The predicted octanol–water partition coefficient (Wildman–Crippen LogP) is 5.88. The number of ether oxygens (including phenoxy) is 1. The summed E-state index contributed by atoms with van der Waals surface area (Å²) in [6.07, 6.45) is 1.52. The third-order valence-electron chi connectivity index (χ3n) is 5.72. The van der Waals surface area contributed by atoms with Crippen LogP contribution in [0.2, 0.25) is 0 Å². The number of para-hydroxylation sites is 1. The Balaban J connectivity index is 1.53. The number of esters is 1. The van der Waals surface area contributed by atoms with Crippen molar-refractivity contribution in [2.45, 2.75) is 31.6 Å². The quantitative estimate of drug-likeness (QED) is 0.422. The predicted molar refractivity (Wildman–Crippen MR) is 108 cm³/mol. The summed E-state index contributed by atoms with van der Waals surface area (Å²) in [6, 6.07) is 28.8. The normalized spacial score (nSPS) is 19.3. The highest BCUT2D eigenvalue weighted by atomic mass is 16.5. The highest BCUT2D eigenvalue weighted by molar-refractivity contribution is 5.73. The van der Waals surface area contributed by atoms with E-state index in [2.05, 4.69) is 48.5 Å². The van der Waals surface area contributed by atoms with Crippen molar-refractivity contribution in [1.82, 2.24) is 0 Å². The van der Waals surface area contributed by atoms with Crippen LogP contribution in [0.25, 0.3) is 0 Å². The van der Waals surface area contributed by atoms with Gasteiger partial charge >= 0.3 is 5.97 Å². The van der Waals surface area contributed by atoms with E-state index in [1.165, 1.54) is 11.1 Å². The van der Waals surface area contributed by atoms with Crippen molar-refractivity contribution in [2.24, 2.45) is 5.92 Å². The SMILES string of the molecule is Cc1ccccc1OC(=O)CC1[C@H](c2ccccc2)C[C@H]1c1ccccc1. The molecule has 1 saturated carbocycles. The maximum absolute atomic E-state index is 12.7. The highest BCUT2D eigenvalue weighted by Gasteiger charge is 2.43. The maximum atomic E-state index is 12.7. The van der Waals surface area contributed by atoms with Gasteiger partial charge in [-0.05, 0) is 53.9 Å². The first kappa shape index (κ1) is 17.5. The van der Waals surface area contributed by atoms with Gasteiger partial charge in [0.1, 0.15) is 5.75 Å². The Hall–Kier alpha value is -2.87. The van der Waals surface area contributed by atoms with Gasteiger partial charge in [-0.2, -0.15) is 0 Å². The molecule has 1 aliphatic rings. The minimum Gasteiger partial charge on any atom is -0.426 e. The summed E-state index contributed by atoms with van der Waals surface area (Å²) >= 11 is 0. The molecule has 3 aromatic rings. The molecule has 4 rings (SSSR count). The highest BCUT2D eigenvalue weighted by Crippen LogP contribution is 2.54. The summed E-state index contributed by atoms with van der Waals surface area (Å²) in [5.41, 5.74) is 3.62. The van der Waals surface area contributed by atoms with Crippen molar-refractivity contribution in [3.63, 3.8) is 0 Å². The van der Waals surface area contributed by atoms with Gasteiger partial charge in [-0.25, -0.2) is 0 Å². The summed E-state index contributed by atoms with van der Waals surface area (Å²) in [4.78, 5) is 12.7. The summed E-state index contributed by atoms with van der Waals surface area (Å²) in [7, 11) is 0. The molecule has 0 radical (unpaired) electrons. The zero-order valence-corrected chi connectivity index (χ0v) is 15.5. The molecular formula is C25H24O2. The van der Waals surface area contributed by atoms with Crippen molar-refractivity contribution >= 4 is 5.97 Å². The van der Waals surface area contributed by atoms with Gasteiger partial charge in [0, 0.05) is 6.42 Å². The van der Waals surface area contributed by atoms with E-state index in [9.17, 15) is 4.79 Å². The lowest BCUT2D eigenvalue weighted by Crippen LogP contribution is -2.35. The van der Waals surface area contributed by atoms with Crippen molar-refractivity contribution < 1.29 is 9.53 Å². The second-order valence-electron chi connectivity index (χ2n) is 7.38. The fourth-order valence-corrected chi connectivity index (χ4v) is 4.19. The smallest absolute Gasteiger partial charge is 0.311 e. The van der Waals surface area contributed by atoms with E-state index < -0.39 is 0 Å². The lowest BCUT2D eigenvalue weighted by atomic mass is 9.59. The first-order chi connectivity index (χ1) is 13.2. The zero-order chi connectivity index (χ0) is 18.6. The Labute approximate surface area is 160 Å². The molecule has 0 unspecified atom stereocenters. The molecule has 0 spiro atoms. The van der Waals surface area contributed by atoms with Crippen molar-refractivity contribution in [3.8, 4) is 5.75 Å². The van der Waals surface area contributed by atoms with Gasteiger partial charge in [0.2, 0.25) is 0 Å². The Kier molecular flexibility index (Phi) is 5.06. The Morgan fingerprint density at radius 1 is 0.815 bits per heavy atom. The lowest BCUT2D eigenvalue weighted by Gasteiger charge is -2.45. The van der Waals surface area contributed by atoms with Gasteiger partial charge in [0.15, 0.2) is 0 Å². The van der Waals surface area contributed by atoms with Gasteiger partial charge in [-0.1, -0.05) is 78.9 Å². The Morgan fingerprint density at radius 2 is 1.33 bits per heavy atom. The second kappa shape index (κ2) is 7.79. The summed E-state index contributed by atoms with van der Waals surface area (Å²) in [5, 5.41) is 0. The number of hydrogen-bond acceptors (Lipinski definition) is 2. The van der Waals surface area contributed by atoms with Crippen LogP contribution in [0, 0.1) is 12.8 Å². The van der Waals surface area contributed by atoms with E-state index in [1.807, 2.05) is 43.3 Å². The van der Waals surface area contributed by atoms with Gasteiger partial charge in [0.05, 0.1) is 0 Å². The fourth-order valence-electron chi connectivity index (χ4n) is 4.19. The molecule has 2 atom stereocenters. The molecular weight excluding hydrogens is 332 g/mol. The molecule has 0 N–H and O–H groups in total. The standard InChI is InChI=1S/C25H24O2/c1-18-10-8-9-15-24(18)27-25(26)17-23-21(19-11-4-2-5-12-19)16-22(23)20-13-6-3-7-14-20/h2-15,21-23H,16-17H2,1H3/t21-,22-/m0/s1. The molecule has 0 saturated heterocycles. The number of rotatable bonds is 5. The van der Waals surface area contributed by atoms with Gasteiger partial charge in [0.25, 0.3) is 0 Å². The van der Waals surface area contributed by atoms with Crippen LogP contribution in [0.5, 0.6) is 5.75 Å². The van der Waals surface area contributed by atoms with Gasteiger partial charge in [-0.15, -0.1) is 0 Å². The lowest BCUT2D eigenvalue weighted by molar-refractivity contribution is -0.136. The van der Waals surface area contributed by atoms with Crippen molar-refractivity contribution in [1.29, 1.82) is 0 Å². The monoisotopic (exact) mass is 356 g/mol. The summed E-state index contributed by atoms with van der Waals surface area (Å²) in [5.74, 6) is 1.60. The molecule has 0 heterocycles. The number of hydrogen-bond donors (Lipinski definition) is 0. The first-order valence-electron chi connectivity index (χ1n) is 9.58. The third kappa shape index (κ3) is 3.80. The minimum absolute atomic E-state index is 0.143. The molecule has 0 aromatic heterocycles. The average Bonchev–Trinajstić information content (AvgIpc) is 2.69. The maximum Gasteiger partial charge on any atom is 0.311 e. The van der Waals surface area contributed by atoms with E-state index in [0.717, 1.165) is 12.0 Å². The summed E-state index contributed by atoms with van der Waals surface area (Å²) < 4.78 is 5.68. The molecule has 0 amide bonds. The number of aryl methyl sites for hydroxylation is 1. The topological polar surface area (TPSA) is 26.3 Å². The zero-order valence-electron chi connectivity index (χ0n) is 15.5. The van der Waals surface area contributed by atoms with Crippen LogP contribution in [0.15, 0.2) is 84.9 Å². The van der Waals surface area contributed by atoms with E-state index >= 15 is 0 Å². The number of carbonyl (C=O) groups is 1. The largest absolute Gasteiger partial charge is 0.426 e. The van der Waals surface area contributed by atoms with Crippen LogP contribution in [0.3, 0.4) is 0 Å². The van der Waals surface area contributed by atoms with Crippen LogP contribution < -0.4 is 4.74 Å². The van der Waals surface area contributed by atoms with E-state index in [1.54, 1.807) is 0 Å². The van der Waals surface area contributed by atoms with Crippen molar-refractivity contribution in [2.75, 3.05) is 0 Å². The Morgan fingerprint density at radius 3 is 1.89 bits per heavy atom. The van der Waals surface area contributed by atoms with Crippen LogP contribution in [-0.2, 0) is 4.79 Å². The number of carbonyl (C=O) groups excluding carboxylic acids is 1. The molecule has 27 heavy (non-hydrogen) atoms. The molecule has 1 fully saturated rings. The fraction of sp³-hybridized carbons (Fsp3) is 0.240. The first-order valence-corrected chi connectivity index (χ1v) is 9.58. The van der Waals surface area contributed by atoms with E-state index in [-0.39, 0.29) is 11.9 Å². The summed E-state index contributed by atoms with van der Waals surface area (Å²) in [6.45, 7) is 1.96. The molecule has 0 bridgehead atoms. The van der Waals surface area contributed by atoms with Crippen LogP contribution >= 0.6 is 0 Å². The average molecular weight is 356 g/mol. The molecule has 3 aromatic carbocycles. The van der Waals surface area contributed by atoms with Crippen LogP contribution in [0.1, 0.15) is 41.4 Å². The second-order valence-corrected chi connectivity index (χ2v) is 7.38. The molecule has 136 valence electrons. The molecule has 1 aliphatic carbocycles. The minimum atomic E-state index is -0.143. The van der Waals surface area contributed by atoms with E-state index in [4.69, 9.17) is 4.74 Å². The van der Waals surface area contributed by atoms with E-state index in [0.29, 0.717) is 24.0 Å². The number of benzene rings is 3. The third-order valence-corrected chi connectivity index (χ3v) is 5.72. The van der Waals surface area contributed by atoms with Crippen LogP contribution in [-0.4, -0.2) is 5.97 Å². The van der Waals surface area contributed by atoms with Crippen molar-refractivity contribution in [3.05, 3.63) is 102 Å². The molecule has 2 nitrogen and oxygen atoms in total. The van der Waals surface area contributed by atoms with Gasteiger partial charge in [-0.3, -0.25) is 4.79 Å². The van der Waals surface area contributed by atoms with Crippen LogP contribution in [0.4, 0.5) is 0 Å². The molecule has 2 heteroatoms. The molecule has 0 aliphatic heterocycles. The Bertz CT molecular complexity index is 856. The van der Waals surface area contributed by atoms with Gasteiger partial charge < -0.3 is 4.74 Å².